The van der Waals surface area contributed by atoms with Crippen molar-refractivity contribution in [3.8, 4) is 0 Å². The lowest BCUT2D eigenvalue weighted by Gasteiger charge is -2.09. The van der Waals surface area contributed by atoms with Crippen LogP contribution in [0.1, 0.15) is 29.0 Å². The summed E-state index contributed by atoms with van der Waals surface area (Å²) in [5, 5.41) is 0.471. The molecule has 1 saturated carbocycles. The molecule has 1 fully saturated rings. The van der Waals surface area contributed by atoms with Crippen LogP contribution in [-0.4, -0.2) is 25.7 Å². The number of alkyl halides is 2. The predicted octanol–water partition coefficient (Wildman–Crippen LogP) is 1.30. The molecule has 2 aromatic rings. The van der Waals surface area contributed by atoms with Gasteiger partial charge in [-0.3, -0.25) is 29.8 Å². The van der Waals surface area contributed by atoms with Crippen molar-refractivity contribution in [3.05, 3.63) is 39.9 Å². The van der Waals surface area contributed by atoms with E-state index in [4.69, 9.17) is 23.2 Å². The van der Waals surface area contributed by atoms with Crippen molar-refractivity contribution >= 4 is 45.9 Å². The molecule has 2 amide bonds. The first kappa shape index (κ1) is 16.4. The molecule has 2 aliphatic rings. The monoisotopic (exact) mass is 380 g/mol. The first-order chi connectivity index (χ1) is 11.9. The van der Waals surface area contributed by atoms with Gasteiger partial charge in [0.25, 0.3) is 11.5 Å². The average Bonchev–Trinajstić information content (AvgIpc) is 3.00. The van der Waals surface area contributed by atoms with Gasteiger partial charge in [0.15, 0.2) is 0 Å². The minimum absolute atomic E-state index is 0.0907. The zero-order valence-electron chi connectivity index (χ0n) is 13.0. The Morgan fingerprint density at radius 2 is 2.04 bits per heavy atom. The molecule has 25 heavy (non-hydrogen) atoms. The van der Waals surface area contributed by atoms with Crippen molar-refractivity contribution < 1.29 is 9.59 Å². The van der Waals surface area contributed by atoms with Gasteiger partial charge in [-0.05, 0) is 31.0 Å². The van der Waals surface area contributed by atoms with Gasteiger partial charge in [0.05, 0.1) is 16.8 Å². The van der Waals surface area contributed by atoms with E-state index in [1.54, 1.807) is 16.7 Å². The number of hydrogen-bond acceptors (Lipinski definition) is 4. The molecule has 1 aliphatic heterocycles. The van der Waals surface area contributed by atoms with E-state index < -0.39 is 22.1 Å². The van der Waals surface area contributed by atoms with E-state index in [-0.39, 0.29) is 5.56 Å². The van der Waals surface area contributed by atoms with Crippen LogP contribution in [0.2, 0.25) is 0 Å². The SMILES string of the molecule is O=C(NNC(=O)C1CC1(Cl)Cl)c1ccc2c(=O)n3c(nc2c1)CCC3. The normalized spacial score (nSPS) is 20.2. The maximum atomic E-state index is 12.4. The second kappa shape index (κ2) is 5.71. The van der Waals surface area contributed by atoms with Crippen molar-refractivity contribution in [3.63, 3.8) is 0 Å². The summed E-state index contributed by atoms with van der Waals surface area (Å²) in [4.78, 5) is 40.9. The highest BCUT2D eigenvalue weighted by Gasteiger charge is 2.56. The number of benzene rings is 1. The van der Waals surface area contributed by atoms with Crippen molar-refractivity contribution in [2.24, 2.45) is 5.92 Å². The van der Waals surface area contributed by atoms with Crippen molar-refractivity contribution in [1.82, 2.24) is 20.4 Å². The Morgan fingerprint density at radius 1 is 1.28 bits per heavy atom. The number of aryl methyl sites for hydroxylation is 1. The van der Waals surface area contributed by atoms with E-state index in [2.05, 4.69) is 15.8 Å². The molecule has 1 aromatic heterocycles. The quantitative estimate of drug-likeness (QED) is 0.606. The van der Waals surface area contributed by atoms with Gasteiger partial charge >= 0.3 is 0 Å². The first-order valence-corrected chi connectivity index (χ1v) is 8.64. The van der Waals surface area contributed by atoms with E-state index >= 15 is 0 Å². The van der Waals surface area contributed by atoms with Crippen LogP contribution in [0.5, 0.6) is 0 Å². The van der Waals surface area contributed by atoms with Crippen molar-refractivity contribution in [1.29, 1.82) is 0 Å². The minimum Gasteiger partial charge on any atom is -0.296 e. The van der Waals surface area contributed by atoms with Crippen LogP contribution in [0.15, 0.2) is 23.0 Å². The molecule has 2 heterocycles. The van der Waals surface area contributed by atoms with Crippen LogP contribution in [0, 0.1) is 5.92 Å². The van der Waals surface area contributed by atoms with Crippen LogP contribution in [0.25, 0.3) is 10.9 Å². The fourth-order valence-corrected chi connectivity index (χ4v) is 3.51. The summed E-state index contributed by atoms with van der Waals surface area (Å²) in [6, 6.07) is 4.65. The molecule has 0 radical (unpaired) electrons. The van der Waals surface area contributed by atoms with Crippen molar-refractivity contribution in [2.45, 2.75) is 30.1 Å². The summed E-state index contributed by atoms with van der Waals surface area (Å²) in [5.41, 5.74) is 5.30. The molecule has 1 atom stereocenters. The van der Waals surface area contributed by atoms with Crippen LogP contribution >= 0.6 is 23.2 Å². The van der Waals surface area contributed by atoms with Gasteiger partial charge in [-0.15, -0.1) is 23.2 Å². The highest BCUT2D eigenvalue weighted by atomic mass is 35.5. The largest absolute Gasteiger partial charge is 0.296 e. The Labute approximate surface area is 152 Å². The highest BCUT2D eigenvalue weighted by Crippen LogP contribution is 2.53. The van der Waals surface area contributed by atoms with Gasteiger partial charge < -0.3 is 0 Å². The molecule has 1 aliphatic carbocycles. The lowest BCUT2D eigenvalue weighted by atomic mass is 10.1. The maximum absolute atomic E-state index is 12.4. The fraction of sp³-hybridized carbons (Fsp3) is 0.375. The molecule has 0 spiro atoms. The van der Waals surface area contributed by atoms with Gasteiger partial charge in [-0.25, -0.2) is 4.98 Å². The molecule has 2 N–H and O–H groups in total. The smallest absolute Gasteiger partial charge is 0.269 e. The number of carbonyl (C=O) groups is 2. The van der Waals surface area contributed by atoms with E-state index in [1.165, 1.54) is 6.07 Å². The topological polar surface area (TPSA) is 93.1 Å². The molecule has 4 rings (SSSR count). The second-order valence-corrected chi connectivity index (χ2v) is 7.82. The Kier molecular flexibility index (Phi) is 3.73. The Morgan fingerprint density at radius 3 is 2.76 bits per heavy atom. The number of hydrazine groups is 1. The van der Waals surface area contributed by atoms with Gasteiger partial charge in [-0.2, -0.15) is 0 Å². The number of rotatable bonds is 2. The standard InChI is InChI=1S/C16H14Cl2N4O3/c17-16(18)7-10(16)14(24)21-20-13(23)8-3-4-9-11(6-8)19-12-2-1-5-22(12)15(9)25/h3-4,6,10H,1-2,5,7H2,(H,20,23)(H,21,24). The molecule has 1 aromatic carbocycles. The van der Waals surface area contributed by atoms with Crippen molar-refractivity contribution in [2.75, 3.05) is 0 Å². The second-order valence-electron chi connectivity index (χ2n) is 6.28. The molecule has 9 heteroatoms. The minimum atomic E-state index is -1.05. The van der Waals surface area contributed by atoms with Gasteiger partial charge in [0, 0.05) is 18.5 Å². The highest BCUT2D eigenvalue weighted by molar-refractivity contribution is 6.52. The van der Waals surface area contributed by atoms with E-state index in [0.29, 0.717) is 29.4 Å². The van der Waals surface area contributed by atoms with Gasteiger partial charge in [-0.1, -0.05) is 0 Å². The lowest BCUT2D eigenvalue weighted by molar-refractivity contribution is -0.123. The number of nitrogens with one attached hydrogen (secondary N) is 2. The van der Waals surface area contributed by atoms with E-state index in [1.807, 2.05) is 0 Å². The molecule has 0 bridgehead atoms. The number of fused-ring (bicyclic) bond motifs is 2. The van der Waals surface area contributed by atoms with Gasteiger partial charge in [0.2, 0.25) is 5.91 Å². The number of hydrogen-bond donors (Lipinski definition) is 2. The van der Waals surface area contributed by atoms with Crippen LogP contribution in [0.4, 0.5) is 0 Å². The number of halogens is 2. The summed E-state index contributed by atoms with van der Waals surface area (Å²) in [7, 11) is 0. The predicted molar refractivity (Wildman–Crippen MR) is 92.5 cm³/mol. The summed E-state index contributed by atoms with van der Waals surface area (Å²) >= 11 is 11.6. The summed E-state index contributed by atoms with van der Waals surface area (Å²) in [6.07, 6.45) is 1.99. The van der Waals surface area contributed by atoms with Crippen LogP contribution in [-0.2, 0) is 17.8 Å². The molecule has 0 saturated heterocycles. The van der Waals surface area contributed by atoms with Crippen LogP contribution in [0.3, 0.4) is 0 Å². The number of amides is 2. The zero-order valence-corrected chi connectivity index (χ0v) is 14.5. The van der Waals surface area contributed by atoms with Crippen LogP contribution < -0.4 is 16.4 Å². The summed E-state index contributed by atoms with van der Waals surface area (Å²) < 4.78 is 0.618. The third-order valence-corrected chi connectivity index (χ3v) is 5.36. The lowest BCUT2D eigenvalue weighted by Crippen LogP contribution is -2.43. The fourth-order valence-electron chi connectivity index (χ4n) is 3.00. The number of aromatic nitrogens is 2. The summed E-state index contributed by atoms with van der Waals surface area (Å²) in [5.74, 6) is -0.740. The molecular formula is C16H14Cl2N4O3. The summed E-state index contributed by atoms with van der Waals surface area (Å²) in [6.45, 7) is 0.676. The third-order valence-electron chi connectivity index (χ3n) is 4.52. The average molecular weight is 381 g/mol. The van der Waals surface area contributed by atoms with E-state index in [0.717, 1.165) is 18.7 Å². The van der Waals surface area contributed by atoms with Gasteiger partial charge in [0.1, 0.15) is 10.2 Å². The maximum Gasteiger partial charge on any atom is 0.269 e. The van der Waals surface area contributed by atoms with E-state index in [9.17, 15) is 14.4 Å². The third kappa shape index (κ3) is 2.87. The zero-order chi connectivity index (χ0) is 17.8. The first-order valence-electron chi connectivity index (χ1n) is 7.88. The Hall–Kier alpha value is -2.12. The molecular weight excluding hydrogens is 367 g/mol. The number of carbonyl (C=O) groups excluding carboxylic acids is 2. The Bertz CT molecular complexity index is 970. The molecule has 130 valence electrons. The Balaban J connectivity index is 1.53. The molecule has 7 nitrogen and oxygen atoms in total. The molecule has 1 unspecified atom stereocenters. The number of nitrogens with zero attached hydrogens (tertiary/aromatic N) is 2.